The first-order valence-corrected chi connectivity index (χ1v) is 9.46. The van der Waals surface area contributed by atoms with Crippen molar-refractivity contribution in [3.8, 4) is 0 Å². The van der Waals surface area contributed by atoms with Crippen molar-refractivity contribution in [3.63, 3.8) is 0 Å². The number of nitrogens with one attached hydrogen (secondary N) is 2. The average molecular weight is 452 g/mol. The second-order valence-corrected chi connectivity index (χ2v) is 7.25. The molecule has 2 aromatic carbocycles. The Hall–Kier alpha value is -2.43. The second kappa shape index (κ2) is 10.2. The zero-order chi connectivity index (χ0) is 20.7. The van der Waals surface area contributed by atoms with Gasteiger partial charge in [0.2, 0.25) is 5.91 Å². The first-order valence-electron chi connectivity index (χ1n) is 8.67. The van der Waals surface area contributed by atoms with E-state index in [1.54, 1.807) is 18.2 Å². The lowest BCUT2D eigenvalue weighted by molar-refractivity contribution is -0.825. The van der Waals surface area contributed by atoms with Crippen LogP contribution in [0.3, 0.4) is 0 Å². The summed E-state index contributed by atoms with van der Waals surface area (Å²) in [6, 6.07) is 10.4. The number of halogens is 1. The van der Waals surface area contributed by atoms with Gasteiger partial charge in [-0.3, -0.25) is 4.79 Å². The highest BCUT2D eigenvalue weighted by atomic mass is 79.9. The molecule has 0 spiro atoms. The Balaban J connectivity index is 2.08. The number of primary amides is 1. The number of carbonyl (C=O) groups is 1. The molecule has 1 amide bonds. The summed E-state index contributed by atoms with van der Waals surface area (Å²) in [5, 5.41) is 25.3. The van der Waals surface area contributed by atoms with Gasteiger partial charge >= 0.3 is 0 Å². The number of benzene rings is 2. The molecule has 0 fully saturated rings. The number of para-hydroxylation sites is 1. The minimum absolute atomic E-state index is 0.370. The Morgan fingerprint density at radius 3 is 2.29 bits per heavy atom. The van der Waals surface area contributed by atoms with E-state index in [4.69, 9.17) is 5.73 Å². The summed E-state index contributed by atoms with van der Waals surface area (Å²) >= 11 is 3.48. The lowest BCUT2D eigenvalue weighted by atomic mass is 10.1. The third-order valence-electron chi connectivity index (χ3n) is 4.46. The summed E-state index contributed by atoms with van der Waals surface area (Å²) in [6.45, 7) is 5.15. The lowest BCUT2D eigenvalue weighted by Gasteiger charge is -2.14. The highest BCUT2D eigenvalue weighted by Gasteiger charge is 2.12. The Morgan fingerprint density at radius 2 is 1.68 bits per heavy atom. The van der Waals surface area contributed by atoms with Gasteiger partial charge in [-0.15, -0.1) is 0 Å². The molecule has 150 valence electrons. The lowest BCUT2D eigenvalue weighted by Crippen LogP contribution is -2.74. The van der Waals surface area contributed by atoms with Gasteiger partial charge in [-0.05, 0) is 48.0 Å². The van der Waals surface area contributed by atoms with E-state index in [0.717, 1.165) is 32.3 Å². The molecule has 2 rings (SSSR count). The molecule has 0 aliphatic heterocycles. The molecule has 0 atom stereocenters. The van der Waals surface area contributed by atoms with Gasteiger partial charge in [0.1, 0.15) is 11.4 Å². The molecule has 0 bridgehead atoms. The summed E-state index contributed by atoms with van der Waals surface area (Å²) in [6.07, 6.45) is 0. The Kier molecular flexibility index (Phi) is 7.97. The molecule has 28 heavy (non-hydrogen) atoms. The number of hydrogen-bond acceptors (Lipinski definition) is 5. The molecule has 0 unspecified atom stereocenters. The summed E-state index contributed by atoms with van der Waals surface area (Å²) in [5.41, 5.74) is 12.7. The van der Waals surface area contributed by atoms with E-state index >= 15 is 0 Å². The molecule has 0 saturated carbocycles. The van der Waals surface area contributed by atoms with E-state index in [0.29, 0.717) is 35.7 Å². The van der Waals surface area contributed by atoms with Gasteiger partial charge in [-0.1, -0.05) is 17.2 Å². The molecule has 0 saturated heterocycles. The highest BCUT2D eigenvalue weighted by molar-refractivity contribution is 9.10. The van der Waals surface area contributed by atoms with Crippen molar-refractivity contribution in [1.29, 1.82) is 0 Å². The smallest absolute Gasteiger partial charge is 0.248 e. The number of anilines is 2. The van der Waals surface area contributed by atoms with Gasteiger partial charge in [0.15, 0.2) is 11.4 Å². The quantitative estimate of drug-likeness (QED) is 0.176. The van der Waals surface area contributed by atoms with Crippen LogP contribution < -0.4 is 27.3 Å². The van der Waals surface area contributed by atoms with Crippen molar-refractivity contribution in [1.82, 2.24) is 0 Å². The minimum Gasteiger partial charge on any atom is -0.376 e. The van der Waals surface area contributed by atoms with Gasteiger partial charge in [-0.2, -0.15) is 11.0 Å². The van der Waals surface area contributed by atoms with Crippen LogP contribution in [0.1, 0.15) is 24.2 Å². The fourth-order valence-electron chi connectivity index (χ4n) is 2.56. The zero-order valence-electron chi connectivity index (χ0n) is 15.8. The Bertz CT molecular complexity index is 886. The molecule has 10 N–H and O–H groups in total. The van der Waals surface area contributed by atoms with Gasteiger partial charge in [0.05, 0.1) is 0 Å². The zero-order valence-corrected chi connectivity index (χ0v) is 17.4. The molecular formula is C19H26BrN5O3+2. The molecule has 0 aliphatic rings. The maximum atomic E-state index is 11.4. The highest BCUT2D eigenvalue weighted by Crippen LogP contribution is 2.28. The molecule has 0 aromatic heterocycles. The normalized spacial score (nSPS) is 11.8. The van der Waals surface area contributed by atoms with Gasteiger partial charge in [0, 0.05) is 35.3 Å². The van der Waals surface area contributed by atoms with Crippen molar-refractivity contribution < 1.29 is 26.2 Å². The summed E-state index contributed by atoms with van der Waals surface area (Å²) in [7, 11) is 0. The topological polar surface area (TPSA) is 141 Å². The number of carbonyl (C=O) groups excluding carboxylic acids is 1. The number of amides is 1. The number of hydrogen-bond donors (Lipinski definition) is 7. The van der Waals surface area contributed by atoms with E-state index in [2.05, 4.69) is 26.6 Å². The fourth-order valence-corrected chi connectivity index (χ4v) is 3.08. The minimum atomic E-state index is -0.523. The van der Waals surface area contributed by atoms with Crippen LogP contribution >= 0.6 is 15.9 Å². The first kappa shape index (κ1) is 21.9. The molecule has 2 aromatic rings. The molecular weight excluding hydrogens is 426 g/mol. The summed E-state index contributed by atoms with van der Waals surface area (Å²) < 4.78 is 0.866. The maximum absolute atomic E-state index is 11.4. The number of nitrogens with two attached hydrogens (primary N) is 3. The van der Waals surface area contributed by atoms with Crippen molar-refractivity contribution in [2.24, 2.45) is 5.73 Å². The average Bonchev–Trinajstić information content (AvgIpc) is 2.70. The van der Waals surface area contributed by atoms with E-state index in [1.165, 1.54) is 0 Å². The number of quaternary nitrogens is 2. The monoisotopic (exact) mass is 451 g/mol. The number of rotatable bonds is 9. The van der Waals surface area contributed by atoms with Crippen molar-refractivity contribution in [2.75, 3.05) is 23.7 Å². The molecule has 0 aliphatic carbocycles. The Morgan fingerprint density at radius 1 is 1.04 bits per heavy atom. The van der Waals surface area contributed by atoms with Crippen molar-refractivity contribution >= 4 is 44.6 Å². The molecule has 9 heteroatoms. The van der Waals surface area contributed by atoms with Crippen LogP contribution in [0.2, 0.25) is 0 Å². The predicted molar refractivity (Wildman–Crippen MR) is 111 cm³/mol. The largest absolute Gasteiger partial charge is 0.376 e. The Labute approximate surface area is 171 Å². The third kappa shape index (κ3) is 5.54. The third-order valence-corrected chi connectivity index (χ3v) is 5.13. The van der Waals surface area contributed by atoms with Crippen LogP contribution in [-0.4, -0.2) is 29.4 Å². The van der Waals surface area contributed by atoms with E-state index in [-0.39, 0.29) is 0 Å². The van der Waals surface area contributed by atoms with Gasteiger partial charge in [-0.25, -0.2) is 10.4 Å². The summed E-state index contributed by atoms with van der Waals surface area (Å²) in [4.78, 5) is 11.4. The van der Waals surface area contributed by atoms with Crippen LogP contribution in [0.15, 0.2) is 52.0 Å². The maximum Gasteiger partial charge on any atom is 0.248 e. The first-order chi connectivity index (χ1) is 13.4. The van der Waals surface area contributed by atoms with Gasteiger partial charge in [0.25, 0.3) is 0 Å². The van der Waals surface area contributed by atoms with Crippen molar-refractivity contribution in [2.45, 2.75) is 13.8 Å². The van der Waals surface area contributed by atoms with E-state index < -0.39 is 5.91 Å². The van der Waals surface area contributed by atoms with Gasteiger partial charge < -0.3 is 16.4 Å². The van der Waals surface area contributed by atoms with Crippen LogP contribution in [-0.2, 0) is 0 Å². The molecule has 0 heterocycles. The van der Waals surface area contributed by atoms with E-state index in [9.17, 15) is 15.2 Å². The van der Waals surface area contributed by atoms with Crippen LogP contribution in [0.25, 0.3) is 0 Å². The summed E-state index contributed by atoms with van der Waals surface area (Å²) in [5.74, 6) is -0.523. The standard InChI is InChI=1S/C19H24BrN5O3/c1-11(9-22-17-8-13(19(21)26)6-7-15(17)24-27)12(2)10-23-18-14(20)4-3-5-16(18)25-28/h3-8,22-25,27-28H,9-10H2,1-2H3,(H2,21,26)/p+2/b12-11+. The SMILES string of the molecule is C/C(CNc1cc(C(N)=O)ccc1[NH2+]O)=C(/C)CNc1c(Br)cccc1[NH2+]O. The van der Waals surface area contributed by atoms with Crippen molar-refractivity contribution in [3.05, 3.63) is 57.6 Å². The van der Waals surface area contributed by atoms with Crippen LogP contribution in [0.5, 0.6) is 0 Å². The predicted octanol–water partition coefficient (Wildman–Crippen LogP) is 1.58. The molecule has 0 radical (unpaired) electrons. The molecule has 8 nitrogen and oxygen atoms in total. The van der Waals surface area contributed by atoms with E-state index in [1.807, 2.05) is 32.0 Å². The fraction of sp³-hybridized carbons (Fsp3) is 0.211. The van der Waals surface area contributed by atoms with Crippen LogP contribution in [0, 0.1) is 0 Å². The second-order valence-electron chi connectivity index (χ2n) is 6.40. The van der Waals surface area contributed by atoms with Crippen LogP contribution in [0.4, 0.5) is 22.7 Å².